The van der Waals surface area contributed by atoms with Crippen LogP contribution in [0.2, 0.25) is 0 Å². The number of carbonyl (C=O) groups excluding carboxylic acids is 1. The van der Waals surface area contributed by atoms with Crippen molar-refractivity contribution in [3.05, 3.63) is 0 Å². The Kier molecular flexibility index (Phi) is 17.3. The zero-order valence-corrected chi connectivity index (χ0v) is 16.9. The molecule has 25 heavy (non-hydrogen) atoms. The fourth-order valence-electron chi connectivity index (χ4n) is 3.33. The van der Waals surface area contributed by atoms with E-state index in [4.69, 9.17) is 5.11 Å². The number of carboxylic acids is 1. The van der Waals surface area contributed by atoms with Gasteiger partial charge in [0.1, 0.15) is 5.78 Å². The van der Waals surface area contributed by atoms with Gasteiger partial charge >= 0.3 is 5.97 Å². The van der Waals surface area contributed by atoms with Crippen LogP contribution in [0.5, 0.6) is 0 Å². The molecule has 0 aromatic carbocycles. The maximum Gasteiger partial charge on any atom is 0.306 e. The number of carboxylic acid groups (broad SMARTS) is 1. The van der Waals surface area contributed by atoms with Crippen molar-refractivity contribution < 1.29 is 14.7 Å². The van der Waals surface area contributed by atoms with E-state index in [1.165, 1.54) is 44.9 Å². The van der Waals surface area contributed by atoms with Crippen LogP contribution in [0.15, 0.2) is 0 Å². The number of Topliss-reactive ketones (excluding diaryl/α,β-unsaturated/α-hetero) is 1. The summed E-state index contributed by atoms with van der Waals surface area (Å²) in [6, 6.07) is 0. The average molecular weight is 355 g/mol. The Labute approximate surface area is 156 Å². The van der Waals surface area contributed by atoms with E-state index in [-0.39, 0.29) is 5.92 Å². The molecule has 3 heteroatoms. The van der Waals surface area contributed by atoms with E-state index >= 15 is 0 Å². The summed E-state index contributed by atoms with van der Waals surface area (Å²) in [5, 5.41) is 8.99. The fraction of sp³-hybridized carbons (Fsp3) is 0.909. The van der Waals surface area contributed by atoms with E-state index in [1.807, 2.05) is 6.92 Å². The molecule has 0 aromatic rings. The molecule has 3 nitrogen and oxygen atoms in total. The highest BCUT2D eigenvalue weighted by molar-refractivity contribution is 5.78. The molecular weight excluding hydrogens is 312 g/mol. The first-order chi connectivity index (χ1) is 12.1. The van der Waals surface area contributed by atoms with Gasteiger partial charge in [-0.1, -0.05) is 84.5 Å². The van der Waals surface area contributed by atoms with Gasteiger partial charge in [-0.3, -0.25) is 9.59 Å². The second-order valence-corrected chi connectivity index (χ2v) is 7.51. The number of rotatable bonds is 19. The third kappa shape index (κ3) is 16.4. The predicted molar refractivity (Wildman–Crippen MR) is 106 cm³/mol. The van der Waals surface area contributed by atoms with Crippen LogP contribution >= 0.6 is 0 Å². The quantitative estimate of drug-likeness (QED) is 0.256. The van der Waals surface area contributed by atoms with Crippen molar-refractivity contribution in [2.75, 3.05) is 0 Å². The largest absolute Gasteiger partial charge is 0.481 e. The number of carbonyl (C=O) groups is 2. The minimum absolute atomic E-state index is 0.173. The van der Waals surface area contributed by atoms with Gasteiger partial charge in [0.05, 0.1) is 5.92 Å². The van der Waals surface area contributed by atoms with Gasteiger partial charge in [0.2, 0.25) is 0 Å². The van der Waals surface area contributed by atoms with Crippen LogP contribution in [0.1, 0.15) is 123 Å². The van der Waals surface area contributed by atoms with Crippen LogP contribution in [0.25, 0.3) is 0 Å². The SMILES string of the molecule is CCCCCCCCCCC(=O)CCCCCCCC(CC)C(=O)O. The average Bonchev–Trinajstić information content (AvgIpc) is 2.59. The second-order valence-electron chi connectivity index (χ2n) is 7.51. The molecule has 0 rings (SSSR count). The van der Waals surface area contributed by atoms with Gasteiger partial charge in [-0.2, -0.15) is 0 Å². The molecule has 0 aromatic heterocycles. The van der Waals surface area contributed by atoms with Crippen molar-refractivity contribution in [2.24, 2.45) is 5.92 Å². The molecule has 0 aliphatic rings. The Hall–Kier alpha value is -0.860. The van der Waals surface area contributed by atoms with Gasteiger partial charge in [0, 0.05) is 12.8 Å². The predicted octanol–water partition coefficient (Wildman–Crippen LogP) is 6.93. The summed E-state index contributed by atoms with van der Waals surface area (Å²) >= 11 is 0. The summed E-state index contributed by atoms with van der Waals surface area (Å²) in [5.41, 5.74) is 0. The lowest BCUT2D eigenvalue weighted by Crippen LogP contribution is -2.12. The molecule has 0 aliphatic carbocycles. The summed E-state index contributed by atoms with van der Waals surface area (Å²) < 4.78 is 0. The van der Waals surface area contributed by atoms with Gasteiger partial charge < -0.3 is 5.11 Å². The van der Waals surface area contributed by atoms with Crippen molar-refractivity contribution in [2.45, 2.75) is 123 Å². The Balaban J connectivity index is 3.32. The van der Waals surface area contributed by atoms with E-state index in [1.54, 1.807) is 0 Å². The minimum Gasteiger partial charge on any atom is -0.481 e. The summed E-state index contributed by atoms with van der Waals surface area (Å²) in [4.78, 5) is 22.8. The van der Waals surface area contributed by atoms with Crippen molar-refractivity contribution in [3.8, 4) is 0 Å². The molecule has 0 amide bonds. The van der Waals surface area contributed by atoms with Crippen LogP contribution in [-0.4, -0.2) is 16.9 Å². The van der Waals surface area contributed by atoms with Crippen molar-refractivity contribution in [1.29, 1.82) is 0 Å². The maximum atomic E-state index is 11.8. The molecule has 0 fully saturated rings. The van der Waals surface area contributed by atoms with Gasteiger partial charge in [-0.25, -0.2) is 0 Å². The molecule has 1 unspecified atom stereocenters. The number of aliphatic carboxylic acids is 1. The standard InChI is InChI=1S/C22H42O3/c1-3-5-6-7-8-9-12-15-18-21(23)19-16-13-10-11-14-17-20(4-2)22(24)25/h20H,3-19H2,1-2H3,(H,24,25). The van der Waals surface area contributed by atoms with Crippen molar-refractivity contribution in [3.63, 3.8) is 0 Å². The van der Waals surface area contributed by atoms with E-state index in [0.29, 0.717) is 5.78 Å². The van der Waals surface area contributed by atoms with Crippen LogP contribution < -0.4 is 0 Å². The lowest BCUT2D eigenvalue weighted by molar-refractivity contribution is -0.142. The topological polar surface area (TPSA) is 54.4 Å². The van der Waals surface area contributed by atoms with Gasteiger partial charge in [0.25, 0.3) is 0 Å². The molecule has 0 saturated carbocycles. The first-order valence-corrected chi connectivity index (χ1v) is 10.9. The number of hydrogen-bond acceptors (Lipinski definition) is 2. The Morgan fingerprint density at radius 3 is 1.56 bits per heavy atom. The Morgan fingerprint density at radius 1 is 0.680 bits per heavy atom. The van der Waals surface area contributed by atoms with Crippen LogP contribution in [0.4, 0.5) is 0 Å². The first kappa shape index (κ1) is 24.1. The van der Waals surface area contributed by atoms with Crippen LogP contribution in [0, 0.1) is 5.92 Å². The third-order valence-corrected chi connectivity index (χ3v) is 5.16. The smallest absolute Gasteiger partial charge is 0.306 e. The Bertz CT molecular complexity index is 325. The fourth-order valence-corrected chi connectivity index (χ4v) is 3.33. The summed E-state index contributed by atoms with van der Waals surface area (Å²) in [6.07, 6.45) is 18.6. The monoisotopic (exact) mass is 354 g/mol. The molecule has 0 heterocycles. The van der Waals surface area contributed by atoms with Gasteiger partial charge in [-0.15, -0.1) is 0 Å². The van der Waals surface area contributed by atoms with Crippen molar-refractivity contribution in [1.82, 2.24) is 0 Å². The number of ketones is 1. The maximum absolute atomic E-state index is 11.8. The van der Waals surface area contributed by atoms with Crippen molar-refractivity contribution >= 4 is 11.8 Å². The molecular formula is C22H42O3. The summed E-state index contributed by atoms with van der Waals surface area (Å²) in [6.45, 7) is 4.18. The van der Waals surface area contributed by atoms with E-state index in [9.17, 15) is 9.59 Å². The zero-order chi connectivity index (χ0) is 18.8. The van der Waals surface area contributed by atoms with E-state index in [2.05, 4.69) is 6.92 Å². The molecule has 0 aliphatic heterocycles. The molecule has 0 radical (unpaired) electrons. The normalized spacial score (nSPS) is 12.2. The van der Waals surface area contributed by atoms with Gasteiger partial charge in [-0.05, 0) is 25.7 Å². The lowest BCUT2D eigenvalue weighted by Gasteiger charge is -2.08. The molecule has 1 atom stereocenters. The number of unbranched alkanes of at least 4 members (excludes halogenated alkanes) is 11. The molecule has 0 bridgehead atoms. The highest BCUT2D eigenvalue weighted by atomic mass is 16.4. The second kappa shape index (κ2) is 17.9. The third-order valence-electron chi connectivity index (χ3n) is 5.16. The van der Waals surface area contributed by atoms with E-state index in [0.717, 1.165) is 64.2 Å². The summed E-state index contributed by atoms with van der Waals surface area (Å²) in [5.74, 6) is -0.398. The van der Waals surface area contributed by atoms with Crippen LogP contribution in [-0.2, 0) is 9.59 Å². The summed E-state index contributed by atoms with van der Waals surface area (Å²) in [7, 11) is 0. The van der Waals surface area contributed by atoms with E-state index < -0.39 is 5.97 Å². The Morgan fingerprint density at radius 2 is 1.12 bits per heavy atom. The lowest BCUT2D eigenvalue weighted by atomic mass is 9.98. The minimum atomic E-state index is -0.658. The number of hydrogen-bond donors (Lipinski definition) is 1. The first-order valence-electron chi connectivity index (χ1n) is 10.9. The van der Waals surface area contributed by atoms with Crippen LogP contribution in [0.3, 0.4) is 0 Å². The highest BCUT2D eigenvalue weighted by Gasteiger charge is 2.13. The zero-order valence-electron chi connectivity index (χ0n) is 16.9. The molecule has 148 valence electrons. The molecule has 1 N–H and O–H groups in total. The molecule has 0 spiro atoms. The highest BCUT2D eigenvalue weighted by Crippen LogP contribution is 2.16. The van der Waals surface area contributed by atoms with Gasteiger partial charge in [0.15, 0.2) is 0 Å². The molecule has 0 saturated heterocycles.